The predicted molar refractivity (Wildman–Crippen MR) is 116 cm³/mol. The lowest BCUT2D eigenvalue weighted by molar-refractivity contribution is 0.0963. The van der Waals surface area contributed by atoms with Gasteiger partial charge >= 0.3 is 6.03 Å². The number of carbonyl (C=O) groups is 2. The van der Waals surface area contributed by atoms with E-state index in [4.69, 9.17) is 4.74 Å². The fourth-order valence-electron chi connectivity index (χ4n) is 2.85. The van der Waals surface area contributed by atoms with E-state index in [9.17, 15) is 9.59 Å². The van der Waals surface area contributed by atoms with E-state index >= 15 is 0 Å². The Morgan fingerprint density at radius 3 is 2.66 bits per heavy atom. The van der Waals surface area contributed by atoms with Crippen LogP contribution in [-0.4, -0.2) is 61.2 Å². The third kappa shape index (κ3) is 6.77. The highest BCUT2D eigenvalue weighted by atomic mass is 35.5. The number of amides is 3. The van der Waals surface area contributed by atoms with Crippen molar-refractivity contribution in [3.8, 4) is 5.75 Å². The second-order valence-corrected chi connectivity index (χ2v) is 6.14. The number of anilines is 1. The second-order valence-electron chi connectivity index (χ2n) is 6.14. The van der Waals surface area contributed by atoms with Crippen molar-refractivity contribution in [2.24, 2.45) is 0 Å². The molecule has 2 aromatic rings. The molecule has 8 nitrogen and oxygen atoms in total. The van der Waals surface area contributed by atoms with Gasteiger partial charge in [-0.25, -0.2) is 4.79 Å². The molecular weight excluding hydrogens is 417 g/mol. The van der Waals surface area contributed by atoms with Crippen LogP contribution in [-0.2, 0) is 0 Å². The van der Waals surface area contributed by atoms with Gasteiger partial charge in [0.1, 0.15) is 12.4 Å². The van der Waals surface area contributed by atoms with Crippen LogP contribution in [0.5, 0.6) is 5.75 Å². The molecule has 1 atom stereocenters. The van der Waals surface area contributed by atoms with E-state index in [1.807, 2.05) is 6.07 Å². The van der Waals surface area contributed by atoms with Crippen LogP contribution >= 0.6 is 24.8 Å². The maximum atomic E-state index is 12.7. The summed E-state index contributed by atoms with van der Waals surface area (Å²) in [6, 6.07) is 10.1. The molecule has 0 aliphatic carbocycles. The number of halogens is 2. The monoisotopic (exact) mass is 441 g/mol. The van der Waals surface area contributed by atoms with Gasteiger partial charge in [0.2, 0.25) is 0 Å². The van der Waals surface area contributed by atoms with Gasteiger partial charge in [0.25, 0.3) is 5.91 Å². The topological polar surface area (TPSA) is 95.6 Å². The molecule has 3 rings (SSSR count). The number of aromatic nitrogens is 1. The minimum absolute atomic E-state index is 0. The summed E-state index contributed by atoms with van der Waals surface area (Å²) < 4.78 is 5.76. The Bertz CT molecular complexity index is 777. The van der Waals surface area contributed by atoms with Gasteiger partial charge in [0.05, 0.1) is 12.2 Å². The average molecular weight is 442 g/mol. The highest BCUT2D eigenvalue weighted by Crippen LogP contribution is 2.14. The summed E-state index contributed by atoms with van der Waals surface area (Å²) in [5.41, 5.74) is 1.18. The maximum absolute atomic E-state index is 12.7. The van der Waals surface area contributed by atoms with Gasteiger partial charge in [0.15, 0.2) is 0 Å². The van der Waals surface area contributed by atoms with Crippen LogP contribution in [0.25, 0.3) is 0 Å². The molecule has 1 unspecified atom stereocenters. The fourth-order valence-corrected chi connectivity index (χ4v) is 2.85. The number of nitrogens with one attached hydrogen (secondary N) is 3. The number of piperazine rings is 1. The van der Waals surface area contributed by atoms with Gasteiger partial charge in [-0.2, -0.15) is 0 Å². The Labute approximate surface area is 182 Å². The quantitative estimate of drug-likeness (QED) is 0.660. The molecule has 0 saturated carbocycles. The first kappa shape index (κ1) is 24.5. The summed E-state index contributed by atoms with van der Waals surface area (Å²) in [6.45, 7) is 2.35. The summed E-state index contributed by atoms with van der Waals surface area (Å²) in [5.74, 6) is 0.510. The molecule has 1 fully saturated rings. The molecular formula is C19H25Cl2N5O3. The number of nitrogens with zero attached hydrogens (tertiary/aromatic N) is 2. The molecule has 1 aliphatic rings. The molecule has 2 heterocycles. The zero-order chi connectivity index (χ0) is 19.1. The third-order valence-electron chi connectivity index (χ3n) is 4.31. The lowest BCUT2D eigenvalue weighted by Crippen LogP contribution is -2.57. The number of hydrogen-bond donors (Lipinski definition) is 3. The molecule has 29 heavy (non-hydrogen) atoms. The van der Waals surface area contributed by atoms with E-state index in [1.165, 1.54) is 0 Å². The van der Waals surface area contributed by atoms with Gasteiger partial charge in [-0.3, -0.25) is 9.78 Å². The molecule has 1 saturated heterocycles. The van der Waals surface area contributed by atoms with Crippen LogP contribution in [0.2, 0.25) is 0 Å². The Kier molecular flexibility index (Phi) is 10.2. The van der Waals surface area contributed by atoms with Gasteiger partial charge in [0, 0.05) is 44.1 Å². The Balaban J connectivity index is 0.00000210. The summed E-state index contributed by atoms with van der Waals surface area (Å²) in [7, 11) is 1.58. The van der Waals surface area contributed by atoms with Crippen molar-refractivity contribution in [1.82, 2.24) is 20.5 Å². The maximum Gasteiger partial charge on any atom is 0.322 e. The molecule has 1 aromatic heterocycles. The lowest BCUT2D eigenvalue weighted by atomic mass is 10.2. The van der Waals surface area contributed by atoms with Gasteiger partial charge in [-0.15, -0.1) is 24.8 Å². The zero-order valence-corrected chi connectivity index (χ0v) is 17.6. The van der Waals surface area contributed by atoms with E-state index in [0.29, 0.717) is 36.7 Å². The highest BCUT2D eigenvalue weighted by Gasteiger charge is 2.27. The normalized spacial score (nSPS) is 15.3. The first-order chi connectivity index (χ1) is 13.2. The van der Waals surface area contributed by atoms with Crippen molar-refractivity contribution < 1.29 is 14.3 Å². The lowest BCUT2D eigenvalue weighted by Gasteiger charge is -2.35. The summed E-state index contributed by atoms with van der Waals surface area (Å²) >= 11 is 0. The molecule has 0 bridgehead atoms. The largest absolute Gasteiger partial charge is 0.490 e. The van der Waals surface area contributed by atoms with E-state index in [1.54, 1.807) is 54.7 Å². The number of carbonyl (C=O) groups excluding carboxylic acids is 2. The molecule has 0 radical (unpaired) electrons. The van der Waals surface area contributed by atoms with Crippen LogP contribution in [0.15, 0.2) is 48.8 Å². The summed E-state index contributed by atoms with van der Waals surface area (Å²) in [4.78, 5) is 30.1. The van der Waals surface area contributed by atoms with Crippen molar-refractivity contribution in [3.63, 3.8) is 0 Å². The van der Waals surface area contributed by atoms with E-state index < -0.39 is 0 Å². The SMILES string of the molecule is CNC(=O)c1ccc(NC(=O)N2CCNCC2COc2cccnc2)cc1.Cl.Cl. The third-order valence-corrected chi connectivity index (χ3v) is 4.31. The van der Waals surface area contributed by atoms with Crippen molar-refractivity contribution in [2.45, 2.75) is 6.04 Å². The molecule has 3 amide bonds. The molecule has 3 N–H and O–H groups in total. The molecule has 10 heteroatoms. The molecule has 1 aromatic carbocycles. The van der Waals surface area contributed by atoms with E-state index in [0.717, 1.165) is 6.54 Å². The number of urea groups is 1. The Morgan fingerprint density at radius 2 is 2.00 bits per heavy atom. The Morgan fingerprint density at radius 1 is 1.24 bits per heavy atom. The van der Waals surface area contributed by atoms with Crippen molar-refractivity contribution in [3.05, 3.63) is 54.4 Å². The summed E-state index contributed by atoms with van der Waals surface area (Å²) in [5, 5.41) is 8.73. The minimum atomic E-state index is -0.191. The van der Waals surface area contributed by atoms with Gasteiger partial charge < -0.3 is 25.6 Å². The average Bonchev–Trinajstić information content (AvgIpc) is 2.73. The van der Waals surface area contributed by atoms with Gasteiger partial charge in [-0.05, 0) is 36.4 Å². The van der Waals surface area contributed by atoms with E-state index in [-0.39, 0.29) is 42.8 Å². The zero-order valence-electron chi connectivity index (χ0n) is 16.0. The number of hydrogen-bond acceptors (Lipinski definition) is 5. The second kappa shape index (κ2) is 12.1. The molecule has 1 aliphatic heterocycles. The highest BCUT2D eigenvalue weighted by molar-refractivity contribution is 5.95. The standard InChI is InChI=1S/C19H23N5O3.2ClH/c1-20-18(25)14-4-6-15(7-5-14)23-19(26)24-10-9-22-11-16(24)13-27-17-3-2-8-21-12-17;;/h2-8,12,16,22H,9-11,13H2,1H3,(H,20,25)(H,23,26);2*1H. The first-order valence-electron chi connectivity index (χ1n) is 8.80. The van der Waals surface area contributed by atoms with Crippen molar-refractivity contribution in [2.75, 3.05) is 38.6 Å². The fraction of sp³-hybridized carbons (Fsp3) is 0.316. The van der Waals surface area contributed by atoms with Crippen LogP contribution in [0.1, 0.15) is 10.4 Å². The smallest absolute Gasteiger partial charge is 0.322 e. The predicted octanol–water partition coefficient (Wildman–Crippen LogP) is 2.17. The first-order valence-corrected chi connectivity index (χ1v) is 8.80. The van der Waals surface area contributed by atoms with Crippen molar-refractivity contribution >= 4 is 42.4 Å². The van der Waals surface area contributed by atoms with Gasteiger partial charge in [-0.1, -0.05) is 0 Å². The Hall–Kier alpha value is -2.55. The molecule has 0 spiro atoms. The molecule has 158 valence electrons. The van der Waals surface area contributed by atoms with Crippen LogP contribution in [0.4, 0.5) is 10.5 Å². The number of ether oxygens (including phenoxy) is 1. The number of rotatable bonds is 5. The van der Waals surface area contributed by atoms with E-state index in [2.05, 4.69) is 20.9 Å². The van der Waals surface area contributed by atoms with Crippen LogP contribution in [0.3, 0.4) is 0 Å². The van der Waals surface area contributed by atoms with Crippen LogP contribution in [0, 0.1) is 0 Å². The number of benzene rings is 1. The summed E-state index contributed by atoms with van der Waals surface area (Å²) in [6.07, 6.45) is 3.33. The number of pyridine rings is 1. The van der Waals surface area contributed by atoms with Crippen molar-refractivity contribution in [1.29, 1.82) is 0 Å². The van der Waals surface area contributed by atoms with Crippen LogP contribution < -0.4 is 20.7 Å². The minimum Gasteiger partial charge on any atom is -0.490 e.